The van der Waals surface area contributed by atoms with Gasteiger partial charge in [0.2, 0.25) is 0 Å². The largest absolute Gasteiger partial charge is 0.207 e. The minimum atomic E-state index is -0.426. The Morgan fingerprint density at radius 2 is 1.69 bits per heavy atom. The van der Waals surface area contributed by atoms with Crippen LogP contribution in [0.3, 0.4) is 0 Å². The molecule has 0 saturated carbocycles. The molecule has 0 spiro atoms. The highest BCUT2D eigenvalue weighted by atomic mass is 35.5. The lowest BCUT2D eigenvalue weighted by Crippen LogP contribution is -1.95. The van der Waals surface area contributed by atoms with E-state index in [0.29, 0.717) is 10.6 Å². The second-order valence-corrected chi connectivity index (χ2v) is 4.28. The Labute approximate surface area is 104 Å². The lowest BCUT2D eigenvalue weighted by molar-refractivity contribution is 0.626. The van der Waals surface area contributed by atoms with Gasteiger partial charge in [0.15, 0.2) is 0 Å². The van der Waals surface area contributed by atoms with Gasteiger partial charge in [-0.25, -0.2) is 4.39 Å². The normalized spacial score (nSPS) is 12.4. The molecule has 82 valence electrons. The summed E-state index contributed by atoms with van der Waals surface area (Å²) >= 11 is 12.2. The third-order valence-electron chi connectivity index (χ3n) is 2.32. The Kier molecular flexibility index (Phi) is 3.47. The summed E-state index contributed by atoms with van der Waals surface area (Å²) in [6.45, 7) is 0. The summed E-state index contributed by atoms with van der Waals surface area (Å²) in [5.41, 5.74) is 1.49. The van der Waals surface area contributed by atoms with E-state index in [1.54, 1.807) is 0 Å². The van der Waals surface area contributed by atoms with Crippen LogP contribution in [0.4, 0.5) is 4.39 Å². The zero-order chi connectivity index (χ0) is 11.5. The van der Waals surface area contributed by atoms with Crippen LogP contribution in [-0.4, -0.2) is 0 Å². The monoisotopic (exact) mass is 254 g/mol. The van der Waals surface area contributed by atoms with E-state index >= 15 is 0 Å². The van der Waals surface area contributed by atoms with Crippen molar-refractivity contribution in [3.8, 4) is 0 Å². The first kappa shape index (κ1) is 11.4. The number of hydrogen-bond acceptors (Lipinski definition) is 0. The van der Waals surface area contributed by atoms with Crippen molar-refractivity contribution in [1.82, 2.24) is 0 Å². The van der Waals surface area contributed by atoms with Gasteiger partial charge in [-0.3, -0.25) is 0 Å². The number of benzene rings is 2. The van der Waals surface area contributed by atoms with Crippen molar-refractivity contribution in [2.24, 2.45) is 0 Å². The van der Waals surface area contributed by atoms with Gasteiger partial charge in [0.25, 0.3) is 0 Å². The third-order valence-corrected chi connectivity index (χ3v) is 3.15. The van der Waals surface area contributed by atoms with Crippen LogP contribution in [0, 0.1) is 5.82 Å². The van der Waals surface area contributed by atoms with Gasteiger partial charge < -0.3 is 0 Å². The minimum Gasteiger partial charge on any atom is -0.207 e. The highest BCUT2D eigenvalue weighted by Crippen LogP contribution is 2.33. The first-order valence-electron chi connectivity index (χ1n) is 4.82. The first-order valence-corrected chi connectivity index (χ1v) is 5.64. The Hall–Kier alpha value is -1.05. The molecule has 1 unspecified atom stereocenters. The third kappa shape index (κ3) is 2.37. The molecule has 2 aromatic carbocycles. The number of rotatable bonds is 2. The van der Waals surface area contributed by atoms with E-state index < -0.39 is 5.38 Å². The molecule has 0 aliphatic heterocycles. The summed E-state index contributed by atoms with van der Waals surface area (Å²) < 4.78 is 13.1. The molecule has 0 aliphatic carbocycles. The van der Waals surface area contributed by atoms with E-state index in [9.17, 15) is 4.39 Å². The molecule has 2 rings (SSSR count). The van der Waals surface area contributed by atoms with E-state index in [2.05, 4.69) is 0 Å². The Bertz CT molecular complexity index is 483. The second kappa shape index (κ2) is 4.86. The van der Waals surface area contributed by atoms with Crippen LogP contribution in [-0.2, 0) is 0 Å². The van der Waals surface area contributed by atoms with Gasteiger partial charge in [-0.15, -0.1) is 11.6 Å². The number of hydrogen-bond donors (Lipinski definition) is 0. The maximum Gasteiger partial charge on any atom is 0.123 e. The van der Waals surface area contributed by atoms with Crippen molar-refractivity contribution < 1.29 is 4.39 Å². The maximum atomic E-state index is 13.1. The van der Waals surface area contributed by atoms with Crippen LogP contribution in [0.1, 0.15) is 16.5 Å². The Balaban J connectivity index is 2.41. The molecule has 0 saturated heterocycles. The molecule has 16 heavy (non-hydrogen) atoms. The summed E-state index contributed by atoms with van der Waals surface area (Å²) in [7, 11) is 0. The first-order chi connectivity index (χ1) is 7.68. The van der Waals surface area contributed by atoms with Gasteiger partial charge in [0.1, 0.15) is 5.82 Å². The van der Waals surface area contributed by atoms with E-state index in [4.69, 9.17) is 23.2 Å². The van der Waals surface area contributed by atoms with Crippen LogP contribution in [0.2, 0.25) is 5.02 Å². The van der Waals surface area contributed by atoms with Crippen LogP contribution in [0.25, 0.3) is 0 Å². The van der Waals surface area contributed by atoms with Gasteiger partial charge in [-0.1, -0.05) is 41.9 Å². The molecule has 0 N–H and O–H groups in total. The molecule has 3 heteroatoms. The molecular weight excluding hydrogens is 246 g/mol. The van der Waals surface area contributed by atoms with Crippen molar-refractivity contribution in [1.29, 1.82) is 0 Å². The summed E-state index contributed by atoms with van der Waals surface area (Å²) in [6, 6.07) is 13.7. The summed E-state index contributed by atoms with van der Waals surface area (Å²) in [4.78, 5) is 0. The Morgan fingerprint density at radius 1 is 1.00 bits per heavy atom. The SMILES string of the molecule is Fc1ccc(Cl)c(C(Cl)c2ccccc2)c1. The zero-order valence-corrected chi connectivity index (χ0v) is 9.84. The molecule has 0 aromatic heterocycles. The van der Waals surface area contributed by atoms with E-state index in [1.165, 1.54) is 18.2 Å². The van der Waals surface area contributed by atoms with Gasteiger partial charge in [-0.2, -0.15) is 0 Å². The van der Waals surface area contributed by atoms with Gasteiger partial charge >= 0.3 is 0 Å². The molecule has 0 bridgehead atoms. The predicted octanol–water partition coefficient (Wildman–Crippen LogP) is 4.81. The molecule has 0 amide bonds. The Morgan fingerprint density at radius 3 is 2.38 bits per heavy atom. The molecule has 2 aromatic rings. The molecule has 1 atom stereocenters. The summed E-state index contributed by atoms with van der Waals surface area (Å²) in [5.74, 6) is -0.332. The van der Waals surface area contributed by atoms with Crippen LogP contribution in [0.5, 0.6) is 0 Å². The van der Waals surface area contributed by atoms with Gasteiger partial charge in [0.05, 0.1) is 5.38 Å². The number of alkyl halides is 1. The minimum absolute atomic E-state index is 0.332. The average molecular weight is 255 g/mol. The van der Waals surface area contributed by atoms with E-state index in [0.717, 1.165) is 5.56 Å². The number of halogens is 3. The lowest BCUT2D eigenvalue weighted by atomic mass is 10.0. The fourth-order valence-corrected chi connectivity index (χ4v) is 2.12. The van der Waals surface area contributed by atoms with Crippen molar-refractivity contribution in [2.45, 2.75) is 5.38 Å². The molecule has 0 heterocycles. The topological polar surface area (TPSA) is 0 Å². The van der Waals surface area contributed by atoms with Crippen molar-refractivity contribution in [3.05, 3.63) is 70.5 Å². The van der Waals surface area contributed by atoms with Gasteiger partial charge in [-0.05, 0) is 29.3 Å². The molecule has 0 aliphatic rings. The second-order valence-electron chi connectivity index (χ2n) is 3.44. The van der Waals surface area contributed by atoms with Crippen LogP contribution >= 0.6 is 23.2 Å². The summed E-state index contributed by atoms with van der Waals surface area (Å²) in [5, 5.41) is 0.0506. The maximum absolute atomic E-state index is 13.1. The highest BCUT2D eigenvalue weighted by Gasteiger charge is 2.14. The van der Waals surface area contributed by atoms with Crippen LogP contribution in [0.15, 0.2) is 48.5 Å². The highest BCUT2D eigenvalue weighted by molar-refractivity contribution is 6.33. The molecule has 0 fully saturated rings. The van der Waals surface area contributed by atoms with Crippen molar-refractivity contribution >= 4 is 23.2 Å². The quantitative estimate of drug-likeness (QED) is 0.675. The molecule has 0 radical (unpaired) electrons. The van der Waals surface area contributed by atoms with E-state index in [-0.39, 0.29) is 5.82 Å². The lowest BCUT2D eigenvalue weighted by Gasteiger charge is -2.11. The van der Waals surface area contributed by atoms with Crippen molar-refractivity contribution in [3.63, 3.8) is 0 Å². The van der Waals surface area contributed by atoms with Gasteiger partial charge in [0, 0.05) is 5.02 Å². The predicted molar refractivity (Wildman–Crippen MR) is 65.5 cm³/mol. The standard InChI is InChI=1S/C13H9Cl2F/c14-12-7-6-10(16)8-11(12)13(15)9-4-2-1-3-5-9/h1-8,13H. The fraction of sp³-hybridized carbons (Fsp3) is 0.0769. The van der Waals surface area contributed by atoms with Crippen LogP contribution < -0.4 is 0 Å². The zero-order valence-electron chi connectivity index (χ0n) is 8.33. The average Bonchev–Trinajstić information content (AvgIpc) is 2.32. The van der Waals surface area contributed by atoms with E-state index in [1.807, 2.05) is 30.3 Å². The fourth-order valence-electron chi connectivity index (χ4n) is 1.51. The smallest absolute Gasteiger partial charge is 0.123 e. The van der Waals surface area contributed by atoms with Crippen molar-refractivity contribution in [2.75, 3.05) is 0 Å². The molecular formula is C13H9Cl2F. The molecule has 0 nitrogen and oxygen atoms in total. The summed E-state index contributed by atoms with van der Waals surface area (Å²) in [6.07, 6.45) is 0.